The van der Waals surface area contributed by atoms with Crippen molar-refractivity contribution >= 4 is 34.2 Å². The molecule has 0 bridgehead atoms. The molecule has 4 aromatic rings. The Balaban J connectivity index is 1.16. The molecule has 5 rings (SSSR count). The molecule has 36 heavy (non-hydrogen) atoms. The summed E-state index contributed by atoms with van der Waals surface area (Å²) in [5.74, 6) is 3.18. The molecule has 0 saturated carbocycles. The van der Waals surface area contributed by atoms with E-state index in [0.717, 1.165) is 37.1 Å². The van der Waals surface area contributed by atoms with Gasteiger partial charge in [0.25, 0.3) is 5.89 Å². The van der Waals surface area contributed by atoms with Crippen LogP contribution in [0.1, 0.15) is 49.8 Å². The molecule has 1 fully saturated rings. The van der Waals surface area contributed by atoms with E-state index < -0.39 is 6.10 Å². The summed E-state index contributed by atoms with van der Waals surface area (Å²) in [6, 6.07) is 13.4. The number of β-amino-alcohol motifs (C(OH)–C–C–N with tert-alkyl or cyclic N) is 1. The van der Waals surface area contributed by atoms with E-state index in [1.165, 1.54) is 5.56 Å². The molecule has 0 radical (unpaired) electrons. The lowest BCUT2D eigenvalue weighted by Crippen LogP contribution is -2.40. The SMILES string of the molecule is CC(C)c1cnc(-c2cc3c(OC[C@@H](O)CN4CCC(c5ccc(Cl)c(Cl)c5)CC4)cccc3o2)o1. The summed E-state index contributed by atoms with van der Waals surface area (Å²) in [6.07, 6.45) is 3.16. The fraction of sp³-hybridized carbons (Fsp3) is 0.393. The van der Waals surface area contributed by atoms with Gasteiger partial charge in [-0.3, -0.25) is 0 Å². The number of hydrogen-bond donors (Lipinski definition) is 1. The number of fused-ring (bicyclic) bond motifs is 1. The number of piperidine rings is 1. The van der Waals surface area contributed by atoms with E-state index in [0.29, 0.717) is 45.5 Å². The van der Waals surface area contributed by atoms with Crippen molar-refractivity contribution in [1.82, 2.24) is 9.88 Å². The smallest absolute Gasteiger partial charge is 0.263 e. The third-order valence-corrected chi connectivity index (χ3v) is 7.47. The first-order valence-electron chi connectivity index (χ1n) is 12.3. The highest BCUT2D eigenvalue weighted by Crippen LogP contribution is 2.35. The first kappa shape index (κ1) is 25.2. The van der Waals surface area contributed by atoms with Gasteiger partial charge in [0.05, 0.1) is 21.6 Å². The third-order valence-electron chi connectivity index (χ3n) is 6.73. The van der Waals surface area contributed by atoms with Crippen LogP contribution < -0.4 is 4.74 Å². The van der Waals surface area contributed by atoms with Gasteiger partial charge in [0.15, 0.2) is 5.76 Å². The number of ether oxygens (including phenoxy) is 1. The fourth-order valence-electron chi connectivity index (χ4n) is 4.68. The predicted molar refractivity (Wildman–Crippen MR) is 142 cm³/mol. The van der Waals surface area contributed by atoms with Gasteiger partial charge in [-0.05, 0) is 61.7 Å². The van der Waals surface area contributed by atoms with Crippen molar-refractivity contribution in [2.75, 3.05) is 26.2 Å². The average Bonchev–Trinajstić information content (AvgIpc) is 3.53. The monoisotopic (exact) mass is 528 g/mol. The Hall–Kier alpha value is -2.51. The molecule has 6 nitrogen and oxygen atoms in total. The molecule has 190 valence electrons. The zero-order valence-corrected chi connectivity index (χ0v) is 21.9. The predicted octanol–water partition coefficient (Wildman–Crippen LogP) is 7.14. The van der Waals surface area contributed by atoms with E-state index in [2.05, 4.69) is 29.8 Å². The largest absolute Gasteiger partial charge is 0.490 e. The number of hydrogen-bond acceptors (Lipinski definition) is 6. The van der Waals surface area contributed by atoms with Crippen LogP contribution in [0.2, 0.25) is 10.0 Å². The maximum Gasteiger partial charge on any atom is 0.263 e. The van der Waals surface area contributed by atoms with Gasteiger partial charge in [-0.25, -0.2) is 4.98 Å². The second kappa shape index (κ2) is 10.9. The standard InChI is InChI=1S/C28H30Cl2N2O4/c1-17(2)27-14-31-28(36-27)26-13-21-24(4-3-5-25(21)35-26)34-16-20(33)15-32-10-8-18(9-11-32)19-6-7-22(29)23(30)12-19/h3-7,12-14,17-18,20,33H,8-11,15-16H2,1-2H3/t20-/m0/s1. The Morgan fingerprint density at radius 1 is 1.08 bits per heavy atom. The molecular weight excluding hydrogens is 499 g/mol. The Morgan fingerprint density at radius 2 is 1.89 bits per heavy atom. The molecule has 1 aliphatic rings. The number of aliphatic hydroxyl groups excluding tert-OH is 1. The van der Waals surface area contributed by atoms with Gasteiger partial charge in [0, 0.05) is 18.5 Å². The first-order valence-corrected chi connectivity index (χ1v) is 13.1. The quantitative estimate of drug-likeness (QED) is 0.262. The molecule has 2 aromatic carbocycles. The van der Waals surface area contributed by atoms with Crippen molar-refractivity contribution in [2.24, 2.45) is 0 Å². The lowest BCUT2D eigenvalue weighted by Gasteiger charge is -2.33. The minimum atomic E-state index is -0.603. The van der Waals surface area contributed by atoms with Gasteiger partial charge in [0.1, 0.15) is 29.8 Å². The Morgan fingerprint density at radius 3 is 2.61 bits per heavy atom. The highest BCUT2D eigenvalue weighted by atomic mass is 35.5. The fourth-order valence-corrected chi connectivity index (χ4v) is 4.99. The Labute approximate surface area is 220 Å². The molecule has 0 spiro atoms. The van der Waals surface area contributed by atoms with Crippen LogP contribution in [0.15, 0.2) is 57.5 Å². The molecule has 1 aliphatic heterocycles. The van der Waals surface area contributed by atoms with Gasteiger partial charge >= 0.3 is 0 Å². The number of benzene rings is 2. The summed E-state index contributed by atoms with van der Waals surface area (Å²) in [6.45, 7) is 6.70. The number of nitrogens with zero attached hydrogens (tertiary/aromatic N) is 2. The van der Waals surface area contributed by atoms with Crippen LogP contribution in [0.3, 0.4) is 0 Å². The van der Waals surface area contributed by atoms with Crippen LogP contribution in [0.5, 0.6) is 5.75 Å². The maximum absolute atomic E-state index is 10.7. The number of rotatable bonds is 8. The summed E-state index contributed by atoms with van der Waals surface area (Å²) < 4.78 is 17.8. The molecular formula is C28H30Cl2N2O4. The maximum atomic E-state index is 10.7. The molecule has 1 atom stereocenters. The number of aliphatic hydroxyl groups is 1. The van der Waals surface area contributed by atoms with E-state index in [4.69, 9.17) is 36.8 Å². The van der Waals surface area contributed by atoms with E-state index in [-0.39, 0.29) is 12.5 Å². The van der Waals surface area contributed by atoms with Gasteiger partial charge in [-0.15, -0.1) is 0 Å². The van der Waals surface area contributed by atoms with Crippen molar-refractivity contribution in [1.29, 1.82) is 0 Å². The van der Waals surface area contributed by atoms with Crippen molar-refractivity contribution < 1.29 is 18.7 Å². The summed E-state index contributed by atoms with van der Waals surface area (Å²) in [7, 11) is 0. The summed E-state index contributed by atoms with van der Waals surface area (Å²) in [5.41, 5.74) is 1.91. The van der Waals surface area contributed by atoms with Crippen LogP contribution in [0.4, 0.5) is 0 Å². The number of halogens is 2. The van der Waals surface area contributed by atoms with Gasteiger partial charge in [-0.2, -0.15) is 0 Å². The lowest BCUT2D eigenvalue weighted by atomic mass is 9.89. The van der Waals surface area contributed by atoms with E-state index in [9.17, 15) is 5.11 Å². The highest BCUT2D eigenvalue weighted by Gasteiger charge is 2.23. The topological polar surface area (TPSA) is 71.9 Å². The lowest BCUT2D eigenvalue weighted by molar-refractivity contribution is 0.0599. The minimum Gasteiger partial charge on any atom is -0.490 e. The van der Waals surface area contributed by atoms with E-state index >= 15 is 0 Å². The third kappa shape index (κ3) is 5.57. The van der Waals surface area contributed by atoms with Crippen LogP contribution >= 0.6 is 23.2 Å². The second-order valence-electron chi connectivity index (χ2n) is 9.71. The number of aromatic nitrogens is 1. The summed E-state index contributed by atoms with van der Waals surface area (Å²) in [5, 5.41) is 12.7. The molecule has 2 aromatic heterocycles. The Bertz CT molecular complexity index is 1320. The molecule has 0 amide bonds. The molecule has 3 heterocycles. The molecule has 8 heteroatoms. The number of furan rings is 1. The van der Waals surface area contributed by atoms with Gasteiger partial charge in [0.2, 0.25) is 0 Å². The van der Waals surface area contributed by atoms with E-state index in [1.807, 2.05) is 36.4 Å². The molecule has 0 unspecified atom stereocenters. The van der Waals surface area contributed by atoms with Crippen molar-refractivity contribution in [3.05, 3.63) is 70.0 Å². The highest BCUT2D eigenvalue weighted by molar-refractivity contribution is 6.42. The number of oxazole rings is 1. The van der Waals surface area contributed by atoms with Crippen LogP contribution in [0.25, 0.3) is 22.6 Å². The average molecular weight is 529 g/mol. The van der Waals surface area contributed by atoms with Crippen LogP contribution in [-0.4, -0.2) is 47.3 Å². The van der Waals surface area contributed by atoms with Crippen LogP contribution in [-0.2, 0) is 0 Å². The normalized spacial score (nSPS) is 16.2. The van der Waals surface area contributed by atoms with Crippen molar-refractivity contribution in [3.8, 4) is 17.4 Å². The first-order chi connectivity index (χ1) is 17.4. The zero-order valence-electron chi connectivity index (χ0n) is 20.4. The summed E-state index contributed by atoms with van der Waals surface area (Å²) in [4.78, 5) is 6.63. The van der Waals surface area contributed by atoms with Crippen LogP contribution in [0, 0.1) is 0 Å². The molecule has 1 N–H and O–H groups in total. The van der Waals surface area contributed by atoms with Crippen molar-refractivity contribution in [3.63, 3.8) is 0 Å². The van der Waals surface area contributed by atoms with Gasteiger partial charge in [-0.1, -0.05) is 49.2 Å². The van der Waals surface area contributed by atoms with Gasteiger partial charge < -0.3 is 23.6 Å². The minimum absolute atomic E-state index is 0.197. The summed E-state index contributed by atoms with van der Waals surface area (Å²) >= 11 is 12.2. The number of likely N-dealkylation sites (tertiary alicyclic amines) is 1. The zero-order chi connectivity index (χ0) is 25.2. The molecule has 1 saturated heterocycles. The second-order valence-corrected chi connectivity index (χ2v) is 10.5. The Kier molecular flexibility index (Phi) is 7.58. The van der Waals surface area contributed by atoms with E-state index in [1.54, 1.807) is 6.20 Å². The van der Waals surface area contributed by atoms with Crippen molar-refractivity contribution in [2.45, 2.75) is 44.6 Å². The molecule has 0 aliphatic carbocycles.